The number of allylic oxidation sites excluding steroid dienone is 1. The molecule has 2 aliphatic carbocycles. The molecule has 1 saturated heterocycles. The van der Waals surface area contributed by atoms with Gasteiger partial charge in [0.1, 0.15) is 11.9 Å². The van der Waals surface area contributed by atoms with Crippen LogP contribution in [0.2, 0.25) is 10.0 Å². The van der Waals surface area contributed by atoms with E-state index in [1.807, 2.05) is 60.9 Å². The number of aliphatic hydroxyl groups is 1. The highest BCUT2D eigenvalue weighted by Gasteiger charge is 2.38. The molecule has 3 N–H and O–H groups in total. The van der Waals surface area contributed by atoms with Crippen molar-refractivity contribution in [3.05, 3.63) is 300 Å². The first-order valence-electron chi connectivity index (χ1n) is 49.5. The molecule has 137 heavy (non-hydrogen) atoms. The molecule has 13 aromatic rings. The number of hydrogen-bond donors (Lipinski definition) is 3. The second kappa shape index (κ2) is 46.2. The van der Waals surface area contributed by atoms with Gasteiger partial charge in [0.2, 0.25) is 5.88 Å². The van der Waals surface area contributed by atoms with E-state index in [2.05, 4.69) is 398 Å². The fourth-order valence-corrected chi connectivity index (χ4v) is 18.2. The number of aryl methyl sites for hydroxylation is 4. The number of likely N-dealkylation sites (N-methyl/N-ethyl adjacent to an activating group) is 1. The predicted molar refractivity (Wildman–Crippen MR) is 586 cm³/mol. The highest BCUT2D eigenvalue weighted by molar-refractivity contribution is 6.42. The van der Waals surface area contributed by atoms with Gasteiger partial charge in [0, 0.05) is 107 Å². The monoisotopic (exact) mass is 1900 g/mol. The van der Waals surface area contributed by atoms with Gasteiger partial charge in [-0.1, -0.05) is 329 Å². The molecule has 1 saturated carbocycles. The van der Waals surface area contributed by atoms with Crippen molar-refractivity contribution in [3.63, 3.8) is 0 Å². The van der Waals surface area contributed by atoms with Crippen LogP contribution in [-0.2, 0) is 50.9 Å². The number of nitrogens with one attached hydrogen (secondary N) is 2. The summed E-state index contributed by atoms with van der Waals surface area (Å²) in [5.41, 5.74) is 28.9. The second-order valence-corrected chi connectivity index (χ2v) is 48.8. The fourth-order valence-electron chi connectivity index (χ4n) is 17.6. The van der Waals surface area contributed by atoms with Gasteiger partial charge >= 0.3 is 0 Å². The van der Waals surface area contributed by atoms with E-state index < -0.39 is 0 Å². The molecule has 8 aromatic carbocycles. The van der Waals surface area contributed by atoms with E-state index in [1.165, 1.54) is 135 Å². The van der Waals surface area contributed by atoms with Gasteiger partial charge in [0.15, 0.2) is 5.58 Å². The van der Waals surface area contributed by atoms with Crippen molar-refractivity contribution in [1.82, 2.24) is 39.7 Å². The number of azo groups is 1. The average Bonchev–Trinajstić information content (AvgIpc) is 1.66. The third-order valence-electron chi connectivity index (χ3n) is 25.9. The van der Waals surface area contributed by atoms with Crippen LogP contribution < -0.4 is 4.74 Å². The first-order valence-corrected chi connectivity index (χ1v) is 50.3. The number of halogens is 3. The van der Waals surface area contributed by atoms with Gasteiger partial charge in [0.25, 0.3) is 0 Å². The van der Waals surface area contributed by atoms with Crippen molar-refractivity contribution in [2.75, 3.05) is 46.4 Å². The summed E-state index contributed by atoms with van der Waals surface area (Å²) in [5, 5.41) is 32.7. The Bertz CT molecular complexity index is 6140. The number of piperazine rings is 1. The van der Waals surface area contributed by atoms with E-state index in [1.54, 1.807) is 30.9 Å². The third kappa shape index (κ3) is 31.2. The molecule has 4 aliphatic rings. The highest BCUT2D eigenvalue weighted by Crippen LogP contribution is 2.51. The van der Waals surface area contributed by atoms with Crippen LogP contribution in [-0.4, -0.2) is 96.8 Å². The van der Waals surface area contributed by atoms with Gasteiger partial charge in [-0.3, -0.25) is 9.58 Å². The Hall–Kier alpha value is -9.54. The summed E-state index contributed by atoms with van der Waals surface area (Å²) in [6.07, 6.45) is 8.33. The summed E-state index contributed by atoms with van der Waals surface area (Å²) in [6.45, 7) is 89.8. The molecule has 2 atom stereocenters. The van der Waals surface area contributed by atoms with Crippen LogP contribution in [0.15, 0.2) is 209 Å². The number of aromatic nitrogens is 6. The number of rotatable bonds is 5. The molecule has 0 bridgehead atoms. The number of aliphatic hydroxyl groups excluding tert-OH is 1. The molecule has 2 aliphatic heterocycles. The van der Waals surface area contributed by atoms with Gasteiger partial charge < -0.3 is 29.2 Å². The fraction of sp³-hybridized carbons (Fsp3) is 0.496. The van der Waals surface area contributed by atoms with Crippen molar-refractivity contribution < 1.29 is 18.8 Å². The Labute approximate surface area is 834 Å². The Balaban J connectivity index is 0.000000187. The predicted octanol–water partition coefficient (Wildman–Crippen LogP) is 33.8. The number of ether oxygens (including phenoxy) is 1. The van der Waals surface area contributed by atoms with Gasteiger partial charge in [0.05, 0.1) is 50.8 Å². The van der Waals surface area contributed by atoms with E-state index in [9.17, 15) is 4.39 Å². The molecular weight excluding hydrogens is 1730 g/mol. The first kappa shape index (κ1) is 113. The number of aromatic amines is 2. The lowest BCUT2D eigenvalue weighted by Gasteiger charge is -2.42. The number of methoxy groups -OCH3 is 1. The Morgan fingerprint density at radius 3 is 1.62 bits per heavy atom. The molecule has 2 fully saturated rings. The standard InChI is InChI=1S/C16H22.C14H16.C13H22N2O.C13H18N2.C12H14FN.C12H16N2O.C11H13NO.C10H12Cl2.C10H22N2.C10H14/c1-10-7-8-11(2)14-13(10)9-12(3)15(14)16(4,5)6;1-14(2,3)13-9-8-11-6-4-5-7-12(11)10-13;1-9-11(7-8-16)12(10-5-6-10)14-15(9)13(2,3)4;1-8-6-10-11(7-9(8)2)14-15-12(10)13(3,4)5;1-12(2,3)10-7-14-11-5-4-8(13)6-9(10)11;1-12(2,3)8-7-13-9-5-6-10(15-4)14-11(8)9;1-11(2,3)10-8-6-4-5-7-9(8)13-12-10;1-10(2,3)7-5-4-6-8(11)9(7)12;1-5-11-6-8-12(9-7-11)10(2,3)4;1-10(2,3)9-7-5-4-6-8-9/h7-8,15H,3,9H2,1-2,4-6H3;4-10H,1-3H3;10,16H,5-8H2,1-4H3;6-7,12H,1-5H3;4-7,14H,1-3H3;5-7,13H,1-4H3;4-7H,1-3H3;4-6H,1-3H3;5-9H2,1-4H3;4-8H,1-3H3. The van der Waals surface area contributed by atoms with Gasteiger partial charge in [-0.15, -0.1) is 0 Å². The van der Waals surface area contributed by atoms with Gasteiger partial charge in [-0.2, -0.15) is 15.3 Å². The third-order valence-corrected chi connectivity index (χ3v) is 26.7. The number of para-hydroxylation sites is 1. The number of pyridine rings is 1. The minimum absolute atomic E-state index is 0.0292. The molecule has 0 amide bonds. The molecular formula is C121H169Cl2FN10O3. The van der Waals surface area contributed by atoms with Crippen LogP contribution in [0.5, 0.6) is 5.88 Å². The van der Waals surface area contributed by atoms with E-state index in [-0.39, 0.29) is 61.9 Å². The van der Waals surface area contributed by atoms with Crippen molar-refractivity contribution in [1.29, 1.82) is 0 Å². The summed E-state index contributed by atoms with van der Waals surface area (Å²) >= 11 is 11.9. The molecule has 5 aromatic heterocycles. The number of H-pyrrole nitrogens is 2. The zero-order valence-electron chi connectivity index (χ0n) is 90.8. The molecule has 13 nitrogen and oxygen atoms in total. The molecule has 16 heteroatoms. The number of fused-ring (bicyclic) bond motifs is 6. The minimum Gasteiger partial charge on any atom is -0.481 e. The van der Waals surface area contributed by atoms with E-state index in [0.717, 1.165) is 68.3 Å². The number of nitrogens with zero attached hydrogens (tertiary/aromatic N) is 8. The highest BCUT2D eigenvalue weighted by atomic mass is 35.5. The summed E-state index contributed by atoms with van der Waals surface area (Å²) in [7, 11) is 1.64. The SMILES string of the molecule is C=C1Cc2c(C)ccc(C)c2C1C(C)(C)C.CC(C)(C)c1c[nH]c2ccc(F)cc12.CC(C)(C)c1ccc2ccccc2c1.CC(C)(C)c1cccc(Cl)c1Cl.CC(C)(C)c1ccccc1.CC(C)(C)c1noc2ccccc12.CCN1CCN(C(C)(C)C)CC1.COc1ccc2[nH]cc(C(C)(C)C)c2n1.Cc1c(CCO)c(C2CC2)nn1C(C)(C)C.Cc1cc2c(cc1C)C(C(C)(C)C)N=N2. The molecule has 0 spiro atoms. The van der Waals surface area contributed by atoms with Crippen LogP contribution in [0, 0.1) is 51.3 Å². The number of hydrogen-bond acceptors (Lipinski definition) is 10. The van der Waals surface area contributed by atoms with E-state index >= 15 is 0 Å². The quantitative estimate of drug-likeness (QED) is 0.144. The minimum atomic E-state index is -0.178. The van der Waals surface area contributed by atoms with Crippen LogP contribution in [0.3, 0.4) is 0 Å². The Morgan fingerprint density at radius 1 is 0.526 bits per heavy atom. The molecule has 7 heterocycles. The lowest BCUT2D eigenvalue weighted by Crippen LogP contribution is -2.53. The molecule has 2 unspecified atom stereocenters. The lowest BCUT2D eigenvalue weighted by molar-refractivity contribution is 0.0648. The van der Waals surface area contributed by atoms with Crippen LogP contribution >= 0.6 is 23.2 Å². The summed E-state index contributed by atoms with van der Waals surface area (Å²) < 4.78 is 25.5. The maximum Gasteiger partial charge on any atom is 0.213 e. The first-order chi connectivity index (χ1) is 63.4. The maximum absolute atomic E-state index is 13.1. The normalized spacial score (nSPS) is 15.3. The average molecular weight is 1900 g/mol. The second-order valence-electron chi connectivity index (χ2n) is 48.0. The zero-order valence-corrected chi connectivity index (χ0v) is 92.3. The Kier molecular flexibility index (Phi) is 38.1. The van der Waals surface area contributed by atoms with Crippen molar-refractivity contribution in [3.8, 4) is 5.88 Å². The van der Waals surface area contributed by atoms with E-state index in [4.69, 9.17) is 42.7 Å². The van der Waals surface area contributed by atoms with E-state index in [0.29, 0.717) is 38.7 Å². The molecule has 742 valence electrons. The lowest BCUT2D eigenvalue weighted by atomic mass is 9.74. The molecule has 17 rings (SSSR count). The van der Waals surface area contributed by atoms with Crippen molar-refractivity contribution in [2.24, 2.45) is 21.1 Å². The van der Waals surface area contributed by atoms with Gasteiger partial charge in [-0.25, -0.2) is 9.37 Å². The summed E-state index contributed by atoms with van der Waals surface area (Å²) in [5.74, 6) is 1.67. The summed E-state index contributed by atoms with van der Waals surface area (Å²) in [4.78, 5) is 15.9. The molecule has 0 radical (unpaired) electrons. The van der Waals surface area contributed by atoms with Crippen molar-refractivity contribution >= 4 is 72.6 Å². The van der Waals surface area contributed by atoms with Crippen LogP contribution in [0.4, 0.5) is 10.1 Å². The Morgan fingerprint density at radius 2 is 1.09 bits per heavy atom. The summed E-state index contributed by atoms with van der Waals surface area (Å²) in [6, 6.07) is 57.3. The topological polar surface area (TPSA) is 149 Å². The van der Waals surface area contributed by atoms with Crippen LogP contribution in [0.25, 0.3) is 43.7 Å². The smallest absolute Gasteiger partial charge is 0.213 e. The number of benzene rings is 8. The zero-order chi connectivity index (χ0) is 102. The maximum atomic E-state index is 13.1. The largest absolute Gasteiger partial charge is 0.481 e. The van der Waals surface area contributed by atoms with Crippen molar-refractivity contribution in [2.45, 2.75) is 336 Å². The van der Waals surface area contributed by atoms with Crippen LogP contribution in [0.1, 0.15) is 335 Å². The van der Waals surface area contributed by atoms with Gasteiger partial charge in [-0.05, 0) is 267 Å².